The maximum Gasteiger partial charge on any atom is 0.261 e. The van der Waals surface area contributed by atoms with Gasteiger partial charge in [0.25, 0.3) is 11.8 Å². The van der Waals surface area contributed by atoms with Crippen molar-refractivity contribution in [3.05, 3.63) is 57.8 Å². The summed E-state index contributed by atoms with van der Waals surface area (Å²) in [5.41, 5.74) is 1.62. The van der Waals surface area contributed by atoms with Crippen molar-refractivity contribution < 1.29 is 9.59 Å². The Morgan fingerprint density at radius 1 is 1.17 bits per heavy atom. The minimum absolute atomic E-state index is 0.0436. The van der Waals surface area contributed by atoms with E-state index in [9.17, 15) is 9.59 Å². The average Bonchev–Trinajstić information content (AvgIpc) is 3.16. The number of hydrogen-bond donors (Lipinski definition) is 3. The molecule has 0 unspecified atom stereocenters. The first-order chi connectivity index (χ1) is 11.7. The summed E-state index contributed by atoms with van der Waals surface area (Å²) in [7, 11) is 0. The summed E-state index contributed by atoms with van der Waals surface area (Å²) in [5, 5.41) is 11.1. The Balaban J connectivity index is 1.51. The van der Waals surface area contributed by atoms with E-state index >= 15 is 0 Å². The van der Waals surface area contributed by atoms with Crippen molar-refractivity contribution in [2.75, 3.05) is 13.1 Å². The number of carbonyl (C=O) groups excluding carboxylic acids is 2. The van der Waals surface area contributed by atoms with Gasteiger partial charge in [-0.15, -0.1) is 11.3 Å². The van der Waals surface area contributed by atoms with Crippen LogP contribution in [0.4, 0.5) is 0 Å². The van der Waals surface area contributed by atoms with Gasteiger partial charge < -0.3 is 16.0 Å². The Morgan fingerprint density at radius 3 is 2.67 bits per heavy atom. The normalized spacial score (nSPS) is 17.2. The molecule has 1 aromatic heterocycles. The molecule has 2 amide bonds. The number of amides is 2. The molecule has 1 aliphatic rings. The van der Waals surface area contributed by atoms with Crippen LogP contribution in [0.15, 0.2) is 41.8 Å². The molecule has 0 aliphatic carbocycles. The third-order valence-electron chi connectivity index (χ3n) is 4.05. The first-order valence-corrected chi connectivity index (χ1v) is 9.02. The predicted octanol–water partition coefficient (Wildman–Crippen LogP) is 2.16. The second-order valence-corrected chi connectivity index (χ2v) is 6.82. The zero-order valence-corrected chi connectivity index (χ0v) is 14.2. The highest BCUT2D eigenvalue weighted by Crippen LogP contribution is 2.10. The number of carbonyl (C=O) groups is 2. The first kappa shape index (κ1) is 16.7. The molecule has 1 aromatic carbocycles. The molecule has 1 saturated heterocycles. The second-order valence-electron chi connectivity index (χ2n) is 5.87. The molecular formula is C18H21N3O2S. The number of benzene rings is 1. The van der Waals surface area contributed by atoms with Gasteiger partial charge in [0.05, 0.1) is 4.88 Å². The molecule has 2 heterocycles. The lowest BCUT2D eigenvalue weighted by atomic mass is 10.1. The fourth-order valence-electron chi connectivity index (χ4n) is 2.69. The third kappa shape index (κ3) is 4.43. The molecule has 3 N–H and O–H groups in total. The van der Waals surface area contributed by atoms with Gasteiger partial charge >= 0.3 is 0 Å². The van der Waals surface area contributed by atoms with Gasteiger partial charge in [-0.2, -0.15) is 0 Å². The van der Waals surface area contributed by atoms with Crippen LogP contribution in [0, 0.1) is 0 Å². The summed E-state index contributed by atoms with van der Waals surface area (Å²) in [6.07, 6.45) is 2.11. The number of nitrogens with one attached hydrogen (secondary N) is 3. The summed E-state index contributed by atoms with van der Waals surface area (Å²) >= 11 is 1.42. The molecule has 0 spiro atoms. The minimum Gasteiger partial charge on any atom is -0.348 e. The van der Waals surface area contributed by atoms with Crippen LogP contribution >= 0.6 is 11.3 Å². The monoisotopic (exact) mass is 343 g/mol. The van der Waals surface area contributed by atoms with Crippen LogP contribution in [-0.2, 0) is 6.54 Å². The smallest absolute Gasteiger partial charge is 0.261 e. The van der Waals surface area contributed by atoms with Crippen LogP contribution in [-0.4, -0.2) is 30.9 Å². The molecule has 0 saturated carbocycles. The van der Waals surface area contributed by atoms with E-state index in [1.54, 1.807) is 18.2 Å². The molecule has 1 atom stereocenters. The van der Waals surface area contributed by atoms with Gasteiger partial charge in [-0.05, 0) is 48.5 Å². The van der Waals surface area contributed by atoms with Crippen LogP contribution in [0.1, 0.15) is 38.4 Å². The quantitative estimate of drug-likeness (QED) is 0.779. The van der Waals surface area contributed by atoms with E-state index in [-0.39, 0.29) is 17.9 Å². The molecule has 6 heteroatoms. The molecular weight excluding hydrogens is 322 g/mol. The number of hydrogen-bond acceptors (Lipinski definition) is 4. The van der Waals surface area contributed by atoms with Gasteiger partial charge in [-0.3, -0.25) is 9.59 Å². The van der Waals surface area contributed by atoms with E-state index in [0.717, 1.165) is 31.5 Å². The molecule has 2 aromatic rings. The topological polar surface area (TPSA) is 70.2 Å². The van der Waals surface area contributed by atoms with Crippen molar-refractivity contribution >= 4 is 23.2 Å². The number of thiophene rings is 1. The lowest BCUT2D eigenvalue weighted by Gasteiger charge is -2.23. The maximum atomic E-state index is 12.2. The average molecular weight is 343 g/mol. The van der Waals surface area contributed by atoms with Gasteiger partial charge in [0.15, 0.2) is 0 Å². The molecule has 126 valence electrons. The highest BCUT2D eigenvalue weighted by molar-refractivity contribution is 7.12. The number of piperidine rings is 1. The summed E-state index contributed by atoms with van der Waals surface area (Å²) in [6, 6.07) is 11.2. The van der Waals surface area contributed by atoms with Crippen molar-refractivity contribution in [1.82, 2.24) is 16.0 Å². The van der Waals surface area contributed by atoms with Crippen molar-refractivity contribution in [1.29, 1.82) is 0 Å². The van der Waals surface area contributed by atoms with Gasteiger partial charge in [0, 0.05) is 24.7 Å². The van der Waals surface area contributed by atoms with Gasteiger partial charge in [-0.1, -0.05) is 18.2 Å². The van der Waals surface area contributed by atoms with E-state index < -0.39 is 0 Å². The zero-order chi connectivity index (χ0) is 16.8. The second kappa shape index (κ2) is 8.08. The molecule has 0 bridgehead atoms. The van der Waals surface area contributed by atoms with Crippen LogP contribution < -0.4 is 16.0 Å². The molecule has 5 nitrogen and oxygen atoms in total. The van der Waals surface area contributed by atoms with Crippen molar-refractivity contribution in [2.24, 2.45) is 0 Å². The van der Waals surface area contributed by atoms with Crippen molar-refractivity contribution in [2.45, 2.75) is 25.4 Å². The molecule has 1 fully saturated rings. The van der Waals surface area contributed by atoms with Crippen molar-refractivity contribution in [3.63, 3.8) is 0 Å². The SMILES string of the molecule is O=C(N[C@H]1CCCNC1)c1ccc(CNC(=O)c2cccs2)cc1. The van der Waals surface area contributed by atoms with Crippen LogP contribution in [0.5, 0.6) is 0 Å². The van der Waals surface area contributed by atoms with Gasteiger partial charge in [-0.25, -0.2) is 0 Å². The summed E-state index contributed by atoms with van der Waals surface area (Å²) in [6.45, 7) is 2.31. The maximum absolute atomic E-state index is 12.2. The van der Waals surface area contributed by atoms with E-state index in [2.05, 4.69) is 16.0 Å². The van der Waals surface area contributed by atoms with Gasteiger partial charge in [0.2, 0.25) is 0 Å². The Labute approximate surface area is 145 Å². The molecule has 24 heavy (non-hydrogen) atoms. The van der Waals surface area contributed by atoms with Crippen LogP contribution in [0.3, 0.4) is 0 Å². The number of rotatable bonds is 5. The zero-order valence-electron chi connectivity index (χ0n) is 13.4. The highest BCUT2D eigenvalue weighted by Gasteiger charge is 2.16. The lowest BCUT2D eigenvalue weighted by Crippen LogP contribution is -2.45. The summed E-state index contributed by atoms with van der Waals surface area (Å²) in [5.74, 6) is -0.116. The largest absolute Gasteiger partial charge is 0.348 e. The highest BCUT2D eigenvalue weighted by atomic mass is 32.1. The first-order valence-electron chi connectivity index (χ1n) is 8.14. The molecule has 3 rings (SSSR count). The van der Waals surface area contributed by atoms with Crippen LogP contribution in [0.25, 0.3) is 0 Å². The summed E-state index contributed by atoms with van der Waals surface area (Å²) < 4.78 is 0. The van der Waals surface area contributed by atoms with E-state index in [1.807, 2.05) is 23.6 Å². The molecule has 0 radical (unpaired) electrons. The summed E-state index contributed by atoms with van der Waals surface area (Å²) in [4.78, 5) is 24.8. The van der Waals surface area contributed by atoms with Crippen LogP contribution in [0.2, 0.25) is 0 Å². The Hall–Kier alpha value is -2.18. The fourth-order valence-corrected chi connectivity index (χ4v) is 3.34. The van der Waals surface area contributed by atoms with Gasteiger partial charge in [0.1, 0.15) is 0 Å². The third-order valence-corrected chi connectivity index (χ3v) is 4.91. The lowest BCUT2D eigenvalue weighted by molar-refractivity contribution is 0.0927. The van der Waals surface area contributed by atoms with Crippen molar-refractivity contribution in [3.8, 4) is 0 Å². The fraction of sp³-hybridized carbons (Fsp3) is 0.333. The Morgan fingerprint density at radius 2 is 2.00 bits per heavy atom. The minimum atomic E-state index is -0.0726. The molecule has 1 aliphatic heterocycles. The predicted molar refractivity (Wildman–Crippen MR) is 95.3 cm³/mol. The van der Waals surface area contributed by atoms with E-state index in [0.29, 0.717) is 17.0 Å². The van der Waals surface area contributed by atoms with E-state index in [4.69, 9.17) is 0 Å². The standard InChI is InChI=1S/C18H21N3O2S/c22-17(21-15-3-1-9-19-12-15)14-7-5-13(6-8-14)11-20-18(23)16-4-2-10-24-16/h2,4-8,10,15,19H,1,3,9,11-12H2,(H,20,23)(H,21,22)/t15-/m0/s1. The van der Waals surface area contributed by atoms with E-state index in [1.165, 1.54) is 11.3 Å². The Bertz CT molecular complexity index is 677. The Kier molecular flexibility index (Phi) is 5.61.